The third-order valence-electron chi connectivity index (χ3n) is 5.79. The van der Waals surface area contributed by atoms with Crippen molar-refractivity contribution in [1.82, 2.24) is 10.6 Å². The quantitative estimate of drug-likeness (QED) is 0.383. The van der Waals surface area contributed by atoms with Crippen molar-refractivity contribution in [3.63, 3.8) is 0 Å². The van der Waals surface area contributed by atoms with Crippen molar-refractivity contribution in [1.29, 1.82) is 0 Å². The molecule has 204 valence electrons. The van der Waals surface area contributed by atoms with Crippen molar-refractivity contribution in [2.75, 3.05) is 10.7 Å². The van der Waals surface area contributed by atoms with Crippen LogP contribution in [0, 0.1) is 5.82 Å². The van der Waals surface area contributed by atoms with Crippen molar-refractivity contribution < 1.29 is 23.5 Å². The number of thioether (sulfide) groups is 1. The summed E-state index contributed by atoms with van der Waals surface area (Å²) in [7, 11) is 0. The molecule has 2 N–H and O–H groups in total. The fourth-order valence-electron chi connectivity index (χ4n) is 3.96. The van der Waals surface area contributed by atoms with Gasteiger partial charge in [-0.3, -0.25) is 9.59 Å². The number of benzene rings is 3. The zero-order chi connectivity index (χ0) is 28.2. The van der Waals surface area contributed by atoms with E-state index in [-0.39, 0.29) is 24.4 Å². The number of alkyl carbamates (subject to hydrolysis) is 1. The smallest absolute Gasteiger partial charge is 0.408 e. The summed E-state index contributed by atoms with van der Waals surface area (Å²) >= 11 is 7.26. The van der Waals surface area contributed by atoms with Crippen molar-refractivity contribution >= 4 is 47.0 Å². The first-order chi connectivity index (χ1) is 18.5. The van der Waals surface area contributed by atoms with E-state index in [9.17, 15) is 14.4 Å². The van der Waals surface area contributed by atoms with Crippen LogP contribution in [0.2, 0.25) is 5.02 Å². The van der Waals surface area contributed by atoms with Crippen LogP contribution < -0.4 is 15.5 Å². The lowest BCUT2D eigenvalue weighted by atomic mass is 10.1. The van der Waals surface area contributed by atoms with Gasteiger partial charge in [-0.15, -0.1) is 11.8 Å². The lowest BCUT2D eigenvalue weighted by molar-refractivity contribution is -0.120. The van der Waals surface area contributed by atoms with Gasteiger partial charge in [0.1, 0.15) is 17.5 Å². The normalized spacial score (nSPS) is 15.3. The standard InChI is InChI=1S/C29H29ClFN3O4S/c1-29(2,3)38-28(37)33-23-17-39-25-14-22(31)21(26(35)32-15-18-7-5-4-6-8-18)13-24(25)34(27(23)36)16-19-9-11-20(30)12-10-19/h4-14,23H,15-17H2,1-3H3,(H,32,35)(H,33,37)/t23-/m0/s1. The molecular weight excluding hydrogens is 541 g/mol. The van der Waals surface area contributed by atoms with Gasteiger partial charge >= 0.3 is 6.09 Å². The molecule has 3 aromatic rings. The molecule has 0 spiro atoms. The number of anilines is 1. The summed E-state index contributed by atoms with van der Waals surface area (Å²) in [5.41, 5.74) is 1.08. The Morgan fingerprint density at radius 1 is 1.08 bits per heavy atom. The maximum atomic E-state index is 15.2. The summed E-state index contributed by atoms with van der Waals surface area (Å²) in [4.78, 5) is 41.2. The Labute approximate surface area is 236 Å². The van der Waals surface area contributed by atoms with Gasteiger partial charge in [0.2, 0.25) is 0 Å². The van der Waals surface area contributed by atoms with Crippen molar-refractivity contribution in [3.05, 3.63) is 94.3 Å². The van der Waals surface area contributed by atoms with E-state index in [1.165, 1.54) is 28.8 Å². The third kappa shape index (κ3) is 7.52. The second kappa shape index (κ2) is 12.1. The summed E-state index contributed by atoms with van der Waals surface area (Å²) in [5.74, 6) is -1.56. The minimum atomic E-state index is -0.942. The number of hydrogen-bond acceptors (Lipinski definition) is 5. The Bertz CT molecular complexity index is 1360. The number of nitrogens with one attached hydrogen (secondary N) is 2. The molecular formula is C29H29ClFN3O4S. The minimum Gasteiger partial charge on any atom is -0.444 e. The number of carbonyl (C=O) groups excluding carboxylic acids is 3. The second-order valence-electron chi connectivity index (χ2n) is 10.0. The van der Waals surface area contributed by atoms with Crippen LogP contribution in [0.15, 0.2) is 71.6 Å². The number of carbonyl (C=O) groups is 3. The first-order valence-electron chi connectivity index (χ1n) is 12.3. The highest BCUT2D eigenvalue weighted by atomic mass is 35.5. The average molecular weight is 570 g/mol. The average Bonchev–Trinajstić information content (AvgIpc) is 2.99. The first-order valence-corrected chi connectivity index (χ1v) is 13.7. The largest absolute Gasteiger partial charge is 0.444 e. The highest BCUT2D eigenvalue weighted by Crippen LogP contribution is 2.37. The van der Waals surface area contributed by atoms with Crippen LogP contribution >= 0.6 is 23.4 Å². The molecule has 0 radical (unpaired) electrons. The van der Waals surface area contributed by atoms with Gasteiger partial charge in [0, 0.05) is 22.2 Å². The zero-order valence-corrected chi connectivity index (χ0v) is 23.4. The summed E-state index contributed by atoms with van der Waals surface area (Å²) in [5, 5.41) is 5.93. The Balaban J connectivity index is 1.65. The second-order valence-corrected chi connectivity index (χ2v) is 11.5. The number of amides is 3. The van der Waals surface area contributed by atoms with Gasteiger partial charge in [-0.05, 0) is 56.2 Å². The van der Waals surface area contributed by atoms with Crippen molar-refractivity contribution in [3.8, 4) is 0 Å². The molecule has 0 fully saturated rings. The van der Waals surface area contributed by atoms with E-state index in [2.05, 4.69) is 10.6 Å². The van der Waals surface area contributed by atoms with Crippen LogP contribution in [0.5, 0.6) is 0 Å². The fourth-order valence-corrected chi connectivity index (χ4v) is 5.16. The molecule has 3 aromatic carbocycles. The molecule has 3 amide bonds. The maximum absolute atomic E-state index is 15.2. The molecule has 0 bridgehead atoms. The molecule has 0 aromatic heterocycles. The van der Waals surface area contributed by atoms with Gasteiger partial charge in [0.15, 0.2) is 0 Å². The van der Waals surface area contributed by atoms with Crippen LogP contribution in [0.25, 0.3) is 0 Å². The zero-order valence-electron chi connectivity index (χ0n) is 21.8. The van der Waals surface area contributed by atoms with Crippen LogP contribution in [0.4, 0.5) is 14.9 Å². The molecule has 39 heavy (non-hydrogen) atoms. The molecule has 0 saturated carbocycles. The molecule has 10 heteroatoms. The van der Waals surface area contributed by atoms with E-state index in [4.69, 9.17) is 16.3 Å². The topological polar surface area (TPSA) is 87.7 Å². The number of nitrogens with zero attached hydrogens (tertiary/aromatic N) is 1. The molecule has 0 saturated heterocycles. The molecule has 1 heterocycles. The van der Waals surface area contributed by atoms with Crippen LogP contribution in [0.1, 0.15) is 42.3 Å². The van der Waals surface area contributed by atoms with E-state index in [0.29, 0.717) is 15.6 Å². The molecule has 1 atom stereocenters. The summed E-state index contributed by atoms with van der Waals surface area (Å²) < 4.78 is 20.5. The van der Waals surface area contributed by atoms with Crippen molar-refractivity contribution in [2.24, 2.45) is 0 Å². The van der Waals surface area contributed by atoms with Crippen LogP contribution in [-0.4, -0.2) is 35.3 Å². The van der Waals surface area contributed by atoms with Gasteiger partial charge in [0.05, 0.1) is 17.8 Å². The summed E-state index contributed by atoms with van der Waals surface area (Å²) in [6.45, 7) is 5.53. The summed E-state index contributed by atoms with van der Waals surface area (Å²) in [6.07, 6.45) is -0.731. The van der Waals surface area contributed by atoms with E-state index in [0.717, 1.165) is 11.1 Å². The highest BCUT2D eigenvalue weighted by molar-refractivity contribution is 7.99. The summed E-state index contributed by atoms with van der Waals surface area (Å²) in [6, 6.07) is 18.0. The molecule has 1 aliphatic heterocycles. The molecule has 0 unspecified atom stereocenters. The highest BCUT2D eigenvalue weighted by Gasteiger charge is 2.34. The predicted molar refractivity (Wildman–Crippen MR) is 151 cm³/mol. The van der Waals surface area contributed by atoms with Crippen LogP contribution in [0.3, 0.4) is 0 Å². The van der Waals surface area contributed by atoms with Crippen molar-refractivity contribution in [2.45, 2.75) is 50.4 Å². The van der Waals surface area contributed by atoms with Crippen LogP contribution in [-0.2, 0) is 22.6 Å². The predicted octanol–water partition coefficient (Wildman–Crippen LogP) is 5.94. The molecule has 4 rings (SSSR count). The SMILES string of the molecule is CC(C)(C)OC(=O)N[C@H]1CSc2cc(F)c(C(=O)NCc3ccccc3)cc2N(Cc2ccc(Cl)cc2)C1=O. The number of ether oxygens (including phenoxy) is 1. The first kappa shape index (κ1) is 28.4. The van der Waals surface area contributed by atoms with Gasteiger partial charge in [0.25, 0.3) is 11.8 Å². The van der Waals surface area contributed by atoms with Gasteiger partial charge in [-0.25, -0.2) is 9.18 Å². The third-order valence-corrected chi connectivity index (χ3v) is 7.18. The Morgan fingerprint density at radius 2 is 1.77 bits per heavy atom. The van der Waals surface area contributed by atoms with E-state index in [1.54, 1.807) is 45.0 Å². The fraction of sp³-hybridized carbons (Fsp3) is 0.276. The molecule has 0 aliphatic carbocycles. The lowest BCUT2D eigenvalue weighted by Crippen LogP contribution is -2.50. The Hall–Kier alpha value is -3.56. The number of hydrogen-bond donors (Lipinski definition) is 2. The molecule has 1 aliphatic rings. The minimum absolute atomic E-state index is 0.118. The van der Waals surface area contributed by atoms with E-state index >= 15 is 4.39 Å². The monoisotopic (exact) mass is 569 g/mol. The van der Waals surface area contributed by atoms with E-state index in [1.807, 2.05) is 30.3 Å². The number of halogens is 2. The molecule has 7 nitrogen and oxygen atoms in total. The Morgan fingerprint density at radius 3 is 2.44 bits per heavy atom. The number of rotatable bonds is 6. The number of fused-ring (bicyclic) bond motifs is 1. The van der Waals surface area contributed by atoms with Gasteiger partial charge in [-0.2, -0.15) is 0 Å². The maximum Gasteiger partial charge on any atom is 0.408 e. The van der Waals surface area contributed by atoms with E-state index < -0.39 is 35.4 Å². The van der Waals surface area contributed by atoms with Gasteiger partial charge in [-0.1, -0.05) is 54.1 Å². The van der Waals surface area contributed by atoms with Gasteiger partial charge < -0.3 is 20.3 Å². The lowest BCUT2D eigenvalue weighted by Gasteiger charge is -2.27. The Kier molecular flexibility index (Phi) is 8.82.